The van der Waals surface area contributed by atoms with Gasteiger partial charge in [0, 0.05) is 12.6 Å². The summed E-state index contributed by atoms with van der Waals surface area (Å²) >= 11 is 0. The molecule has 1 amide bonds. The Balaban J connectivity index is 2.42. The average molecular weight is 229 g/mol. The van der Waals surface area contributed by atoms with Crippen molar-refractivity contribution in [3.05, 3.63) is 12.2 Å². The van der Waals surface area contributed by atoms with Gasteiger partial charge in [-0.3, -0.25) is 0 Å². The molecule has 1 N–H and O–H groups in total. The zero-order chi connectivity index (χ0) is 12.0. The van der Waals surface area contributed by atoms with E-state index in [2.05, 4.69) is 0 Å². The molecule has 0 aliphatic carbocycles. The van der Waals surface area contributed by atoms with Crippen molar-refractivity contribution in [2.75, 3.05) is 26.3 Å². The number of esters is 1. The van der Waals surface area contributed by atoms with Crippen LogP contribution in [-0.4, -0.2) is 54.5 Å². The third kappa shape index (κ3) is 3.90. The van der Waals surface area contributed by atoms with Crippen LogP contribution >= 0.6 is 0 Å². The van der Waals surface area contributed by atoms with Crippen LogP contribution in [0.5, 0.6) is 0 Å². The molecule has 1 aliphatic heterocycles. The highest BCUT2D eigenvalue weighted by molar-refractivity contribution is 5.82. The molecule has 1 heterocycles. The quantitative estimate of drug-likeness (QED) is 0.563. The molecule has 1 aliphatic rings. The van der Waals surface area contributed by atoms with Gasteiger partial charge in [-0.1, -0.05) is 0 Å². The highest BCUT2D eigenvalue weighted by Crippen LogP contribution is 2.06. The van der Waals surface area contributed by atoms with E-state index in [-0.39, 0.29) is 12.6 Å². The van der Waals surface area contributed by atoms with Gasteiger partial charge in [0.05, 0.1) is 25.9 Å². The normalized spacial score (nSPS) is 21.1. The minimum absolute atomic E-state index is 0.241. The van der Waals surface area contributed by atoms with E-state index in [9.17, 15) is 9.59 Å². The molecule has 0 aromatic carbocycles. The van der Waals surface area contributed by atoms with Crippen molar-refractivity contribution < 1.29 is 24.2 Å². The number of nitrogens with zero attached hydrogens (tertiary/aromatic N) is 1. The summed E-state index contributed by atoms with van der Waals surface area (Å²) in [6.45, 7) is 2.97. The first-order chi connectivity index (χ1) is 7.63. The first kappa shape index (κ1) is 12.5. The Morgan fingerprint density at radius 3 is 3.00 bits per heavy atom. The number of amides is 1. The van der Waals surface area contributed by atoms with E-state index >= 15 is 0 Å². The van der Waals surface area contributed by atoms with Crippen LogP contribution in [0.1, 0.15) is 6.92 Å². The molecule has 0 bridgehead atoms. The zero-order valence-corrected chi connectivity index (χ0v) is 9.09. The summed E-state index contributed by atoms with van der Waals surface area (Å²) in [7, 11) is 0. The molecule has 0 aromatic rings. The summed E-state index contributed by atoms with van der Waals surface area (Å²) in [5.41, 5.74) is 0. The van der Waals surface area contributed by atoms with Crippen molar-refractivity contribution in [3.8, 4) is 0 Å². The maximum Gasteiger partial charge on any atom is 0.407 e. The first-order valence-corrected chi connectivity index (χ1v) is 5.08. The maximum atomic E-state index is 11.0. The smallest absolute Gasteiger partial charge is 0.407 e. The molecule has 1 rings (SSSR count). The highest BCUT2D eigenvalue weighted by Gasteiger charge is 2.21. The van der Waals surface area contributed by atoms with Crippen LogP contribution in [0.3, 0.4) is 0 Å². The Morgan fingerprint density at radius 1 is 1.62 bits per heavy atom. The maximum absolute atomic E-state index is 11.0. The molecule has 0 saturated carbocycles. The summed E-state index contributed by atoms with van der Waals surface area (Å²) in [5.74, 6) is -0.446. The van der Waals surface area contributed by atoms with Crippen molar-refractivity contribution in [1.82, 2.24) is 4.90 Å². The van der Waals surface area contributed by atoms with Crippen LogP contribution in [-0.2, 0) is 14.3 Å². The van der Waals surface area contributed by atoms with Crippen LogP contribution in [0.4, 0.5) is 4.79 Å². The summed E-state index contributed by atoms with van der Waals surface area (Å²) in [5, 5.41) is 8.77. The van der Waals surface area contributed by atoms with E-state index in [1.54, 1.807) is 6.92 Å². The van der Waals surface area contributed by atoms with E-state index in [0.29, 0.717) is 19.8 Å². The van der Waals surface area contributed by atoms with Gasteiger partial charge >= 0.3 is 12.1 Å². The number of carboxylic acid groups (broad SMARTS) is 1. The number of ether oxygens (including phenoxy) is 2. The summed E-state index contributed by atoms with van der Waals surface area (Å²) in [4.78, 5) is 23.0. The monoisotopic (exact) mass is 229 g/mol. The fourth-order valence-electron chi connectivity index (χ4n) is 1.34. The van der Waals surface area contributed by atoms with Gasteiger partial charge in [-0.15, -0.1) is 0 Å². The van der Waals surface area contributed by atoms with E-state index in [4.69, 9.17) is 14.6 Å². The molecule has 6 nitrogen and oxygen atoms in total. The Hall–Kier alpha value is -1.56. The number of morpholine rings is 1. The van der Waals surface area contributed by atoms with E-state index < -0.39 is 12.1 Å². The molecule has 90 valence electrons. The van der Waals surface area contributed by atoms with Crippen LogP contribution < -0.4 is 0 Å². The lowest BCUT2D eigenvalue weighted by Gasteiger charge is -2.29. The Morgan fingerprint density at radius 2 is 2.38 bits per heavy atom. The highest BCUT2D eigenvalue weighted by atomic mass is 16.5. The lowest BCUT2D eigenvalue weighted by atomic mass is 10.2. The van der Waals surface area contributed by atoms with Crippen LogP contribution in [0.2, 0.25) is 0 Å². The third-order valence-corrected chi connectivity index (χ3v) is 2.10. The number of hydrogen-bond acceptors (Lipinski definition) is 4. The predicted molar refractivity (Wildman–Crippen MR) is 55.1 cm³/mol. The van der Waals surface area contributed by atoms with Gasteiger partial charge in [-0.05, 0) is 13.0 Å². The van der Waals surface area contributed by atoms with Gasteiger partial charge in [0.2, 0.25) is 0 Å². The number of rotatable bonds is 3. The van der Waals surface area contributed by atoms with Crippen molar-refractivity contribution >= 4 is 12.1 Å². The predicted octanol–water partition coefficient (Wildman–Crippen LogP) is 0.485. The average Bonchev–Trinajstić information content (AvgIpc) is 2.27. The third-order valence-electron chi connectivity index (χ3n) is 2.10. The second kappa shape index (κ2) is 6.12. The minimum atomic E-state index is -0.974. The first-order valence-electron chi connectivity index (χ1n) is 5.08. The van der Waals surface area contributed by atoms with Crippen molar-refractivity contribution in [2.24, 2.45) is 0 Å². The van der Waals surface area contributed by atoms with E-state index in [0.717, 1.165) is 0 Å². The Kier molecular flexibility index (Phi) is 4.78. The Labute approximate surface area is 93.4 Å². The van der Waals surface area contributed by atoms with Gasteiger partial charge < -0.3 is 19.5 Å². The molecule has 16 heavy (non-hydrogen) atoms. The lowest BCUT2D eigenvalue weighted by Crippen LogP contribution is -2.44. The van der Waals surface area contributed by atoms with Gasteiger partial charge in [0.25, 0.3) is 0 Å². The van der Waals surface area contributed by atoms with Crippen molar-refractivity contribution in [1.29, 1.82) is 0 Å². The van der Waals surface area contributed by atoms with Gasteiger partial charge in [0.15, 0.2) is 0 Å². The fraction of sp³-hybridized carbons (Fsp3) is 0.600. The largest absolute Gasteiger partial charge is 0.465 e. The SMILES string of the molecule is CCOC(=O)/C=C/C1CN(C(=O)O)CCO1. The molecule has 1 unspecified atom stereocenters. The number of carbonyl (C=O) groups is 2. The van der Waals surface area contributed by atoms with Crippen LogP contribution in [0, 0.1) is 0 Å². The van der Waals surface area contributed by atoms with E-state index in [1.165, 1.54) is 17.1 Å². The number of carbonyl (C=O) groups excluding carboxylic acids is 1. The van der Waals surface area contributed by atoms with E-state index in [1.807, 2.05) is 0 Å². The molecule has 0 spiro atoms. The molecule has 0 radical (unpaired) electrons. The zero-order valence-electron chi connectivity index (χ0n) is 9.09. The summed E-state index contributed by atoms with van der Waals surface area (Å²) in [6, 6.07) is 0. The van der Waals surface area contributed by atoms with Gasteiger partial charge in [-0.2, -0.15) is 0 Å². The minimum Gasteiger partial charge on any atom is -0.465 e. The fourth-order valence-corrected chi connectivity index (χ4v) is 1.34. The standard InChI is InChI=1S/C10H15NO5/c1-2-15-9(12)4-3-8-7-11(10(13)14)5-6-16-8/h3-4,8H,2,5-7H2,1H3,(H,13,14)/b4-3+. The second-order valence-corrected chi connectivity index (χ2v) is 3.25. The molecule has 0 aromatic heterocycles. The van der Waals surface area contributed by atoms with Gasteiger partial charge in [-0.25, -0.2) is 9.59 Å². The lowest BCUT2D eigenvalue weighted by molar-refractivity contribution is -0.137. The van der Waals surface area contributed by atoms with Crippen molar-refractivity contribution in [3.63, 3.8) is 0 Å². The molecule has 1 fully saturated rings. The topological polar surface area (TPSA) is 76.1 Å². The second-order valence-electron chi connectivity index (χ2n) is 3.25. The molecule has 1 saturated heterocycles. The summed E-state index contributed by atoms with van der Waals surface area (Å²) < 4.78 is 9.98. The van der Waals surface area contributed by atoms with Gasteiger partial charge in [0.1, 0.15) is 0 Å². The molecule has 6 heteroatoms. The molecular formula is C10H15NO5. The molecular weight excluding hydrogens is 214 g/mol. The van der Waals surface area contributed by atoms with Crippen LogP contribution in [0.15, 0.2) is 12.2 Å². The number of hydrogen-bond donors (Lipinski definition) is 1. The Bertz CT molecular complexity index is 289. The van der Waals surface area contributed by atoms with Crippen LogP contribution in [0.25, 0.3) is 0 Å². The summed E-state index contributed by atoms with van der Waals surface area (Å²) in [6.07, 6.45) is 1.43. The molecule has 1 atom stereocenters. The van der Waals surface area contributed by atoms with Crippen molar-refractivity contribution in [2.45, 2.75) is 13.0 Å².